The molecule has 0 fully saturated rings. The van der Waals surface area contributed by atoms with Crippen LogP contribution in [0.25, 0.3) is 10.7 Å². The molecule has 0 amide bonds. The van der Waals surface area contributed by atoms with Crippen molar-refractivity contribution in [1.29, 1.82) is 0 Å². The SMILES string of the molecule is CCCNc1nc(-c2cc(Br)c(Cl)s2)nc(C)c1C. The highest BCUT2D eigenvalue weighted by atomic mass is 79.9. The molecule has 0 radical (unpaired) electrons. The molecular weight excluding hydrogens is 346 g/mol. The third kappa shape index (κ3) is 3.27. The van der Waals surface area contributed by atoms with Crippen molar-refractivity contribution in [2.45, 2.75) is 27.2 Å². The Kier molecular flexibility index (Phi) is 4.81. The molecule has 0 aliphatic carbocycles. The van der Waals surface area contributed by atoms with E-state index in [9.17, 15) is 0 Å². The van der Waals surface area contributed by atoms with Gasteiger partial charge >= 0.3 is 0 Å². The normalized spacial score (nSPS) is 10.8. The molecule has 0 aliphatic heterocycles. The third-order valence-corrected chi connectivity index (χ3v) is 5.27. The van der Waals surface area contributed by atoms with Gasteiger partial charge in [0.15, 0.2) is 5.82 Å². The van der Waals surface area contributed by atoms with Crippen LogP contribution in [0.5, 0.6) is 0 Å². The second kappa shape index (κ2) is 6.20. The summed E-state index contributed by atoms with van der Waals surface area (Å²) in [6, 6.07) is 1.96. The van der Waals surface area contributed by atoms with Gasteiger partial charge in [0.05, 0.1) is 4.88 Å². The minimum atomic E-state index is 0.722. The zero-order chi connectivity index (χ0) is 14.0. The fourth-order valence-corrected chi connectivity index (χ4v) is 3.25. The summed E-state index contributed by atoms with van der Waals surface area (Å²) in [5.74, 6) is 1.63. The maximum Gasteiger partial charge on any atom is 0.171 e. The molecule has 0 bridgehead atoms. The van der Waals surface area contributed by atoms with Gasteiger partial charge in [-0.2, -0.15) is 0 Å². The summed E-state index contributed by atoms with van der Waals surface area (Å²) in [5, 5.41) is 3.34. The number of thiophene rings is 1. The number of nitrogens with one attached hydrogen (secondary N) is 1. The van der Waals surface area contributed by atoms with E-state index in [4.69, 9.17) is 11.6 Å². The summed E-state index contributed by atoms with van der Waals surface area (Å²) in [4.78, 5) is 10.1. The summed E-state index contributed by atoms with van der Waals surface area (Å²) in [6.07, 6.45) is 1.06. The van der Waals surface area contributed by atoms with E-state index < -0.39 is 0 Å². The maximum absolute atomic E-state index is 6.07. The quantitative estimate of drug-likeness (QED) is 0.828. The smallest absolute Gasteiger partial charge is 0.171 e. The fourth-order valence-electron chi connectivity index (χ4n) is 1.61. The zero-order valence-electron chi connectivity index (χ0n) is 11.1. The van der Waals surface area contributed by atoms with Crippen molar-refractivity contribution < 1.29 is 0 Å². The van der Waals surface area contributed by atoms with E-state index in [0.717, 1.165) is 49.6 Å². The first-order valence-corrected chi connectivity index (χ1v) is 8.06. The third-order valence-electron chi connectivity index (χ3n) is 2.80. The molecule has 1 N–H and O–H groups in total. The van der Waals surface area contributed by atoms with Crippen molar-refractivity contribution in [2.24, 2.45) is 0 Å². The molecule has 2 heterocycles. The Bertz CT molecular complexity index is 578. The van der Waals surface area contributed by atoms with Crippen LogP contribution in [-0.4, -0.2) is 16.5 Å². The van der Waals surface area contributed by atoms with Gasteiger partial charge in [-0.15, -0.1) is 11.3 Å². The molecule has 19 heavy (non-hydrogen) atoms. The Morgan fingerprint density at radius 3 is 2.68 bits per heavy atom. The van der Waals surface area contributed by atoms with Gasteiger partial charge in [0.1, 0.15) is 10.2 Å². The largest absolute Gasteiger partial charge is 0.370 e. The topological polar surface area (TPSA) is 37.8 Å². The first-order valence-electron chi connectivity index (χ1n) is 6.07. The molecule has 2 aromatic rings. The number of hydrogen-bond donors (Lipinski definition) is 1. The second-order valence-corrected chi connectivity index (χ2v) is 6.77. The van der Waals surface area contributed by atoms with Gasteiger partial charge < -0.3 is 5.32 Å². The molecule has 0 unspecified atom stereocenters. The van der Waals surface area contributed by atoms with Gasteiger partial charge in [-0.05, 0) is 42.3 Å². The van der Waals surface area contributed by atoms with Gasteiger partial charge in [-0.1, -0.05) is 18.5 Å². The van der Waals surface area contributed by atoms with E-state index in [1.165, 1.54) is 11.3 Å². The number of halogens is 2. The number of aromatic nitrogens is 2. The van der Waals surface area contributed by atoms with Gasteiger partial charge in [0.2, 0.25) is 0 Å². The van der Waals surface area contributed by atoms with Crippen LogP contribution in [0.4, 0.5) is 5.82 Å². The summed E-state index contributed by atoms with van der Waals surface area (Å²) in [7, 11) is 0. The standard InChI is InChI=1S/C13H15BrClN3S/c1-4-5-16-12-7(2)8(3)17-13(18-12)10-6-9(14)11(15)19-10/h6H,4-5H2,1-3H3,(H,16,17,18). The molecule has 0 aliphatic rings. The van der Waals surface area contributed by atoms with Crippen LogP contribution in [0.2, 0.25) is 4.34 Å². The lowest BCUT2D eigenvalue weighted by atomic mass is 10.2. The van der Waals surface area contributed by atoms with Gasteiger partial charge in [0, 0.05) is 22.3 Å². The number of hydrogen-bond acceptors (Lipinski definition) is 4. The Morgan fingerprint density at radius 1 is 1.37 bits per heavy atom. The lowest BCUT2D eigenvalue weighted by Crippen LogP contribution is -2.07. The first-order chi connectivity index (χ1) is 9.02. The molecule has 3 nitrogen and oxygen atoms in total. The molecule has 0 saturated heterocycles. The average Bonchev–Trinajstić information content (AvgIpc) is 2.71. The van der Waals surface area contributed by atoms with Crippen LogP contribution >= 0.6 is 38.9 Å². The number of aryl methyl sites for hydroxylation is 1. The highest BCUT2D eigenvalue weighted by Gasteiger charge is 2.13. The highest BCUT2D eigenvalue weighted by Crippen LogP contribution is 2.37. The average molecular weight is 361 g/mol. The van der Waals surface area contributed by atoms with Crippen molar-refractivity contribution in [1.82, 2.24) is 9.97 Å². The van der Waals surface area contributed by atoms with Crippen molar-refractivity contribution in [2.75, 3.05) is 11.9 Å². The summed E-state index contributed by atoms with van der Waals surface area (Å²) in [5.41, 5.74) is 2.09. The van der Waals surface area contributed by atoms with E-state index >= 15 is 0 Å². The fraction of sp³-hybridized carbons (Fsp3) is 0.385. The van der Waals surface area contributed by atoms with E-state index in [2.05, 4.69) is 38.1 Å². The molecule has 2 rings (SSSR count). The van der Waals surface area contributed by atoms with E-state index in [0.29, 0.717) is 0 Å². The Hall–Kier alpha value is -0.650. The van der Waals surface area contributed by atoms with E-state index in [1.54, 1.807) is 0 Å². The molecule has 0 aromatic carbocycles. The van der Waals surface area contributed by atoms with Gasteiger partial charge in [-0.3, -0.25) is 0 Å². The second-order valence-electron chi connectivity index (χ2n) is 4.27. The lowest BCUT2D eigenvalue weighted by molar-refractivity contribution is 0.955. The van der Waals surface area contributed by atoms with Crippen molar-refractivity contribution in [3.05, 3.63) is 26.1 Å². The number of rotatable bonds is 4. The number of anilines is 1. The molecule has 6 heteroatoms. The minimum Gasteiger partial charge on any atom is -0.370 e. The monoisotopic (exact) mass is 359 g/mol. The summed E-state index contributed by atoms with van der Waals surface area (Å²) in [6.45, 7) is 7.08. The summed E-state index contributed by atoms with van der Waals surface area (Å²) < 4.78 is 1.61. The van der Waals surface area contributed by atoms with E-state index in [1.807, 2.05) is 19.9 Å². The van der Waals surface area contributed by atoms with Crippen molar-refractivity contribution in [3.63, 3.8) is 0 Å². The van der Waals surface area contributed by atoms with Crippen LogP contribution in [0.15, 0.2) is 10.5 Å². The van der Waals surface area contributed by atoms with Crippen molar-refractivity contribution >= 4 is 44.7 Å². The molecule has 0 atom stereocenters. The first kappa shape index (κ1) is 14.8. The van der Waals surface area contributed by atoms with Crippen LogP contribution in [-0.2, 0) is 0 Å². The predicted octanol–water partition coefficient (Wildman–Crippen LogP) is 5.06. The zero-order valence-corrected chi connectivity index (χ0v) is 14.2. The van der Waals surface area contributed by atoms with Crippen LogP contribution in [0.3, 0.4) is 0 Å². The maximum atomic E-state index is 6.07. The predicted molar refractivity (Wildman–Crippen MR) is 86.3 cm³/mol. The Morgan fingerprint density at radius 2 is 2.11 bits per heavy atom. The molecule has 2 aromatic heterocycles. The van der Waals surface area contributed by atoms with Gasteiger partial charge in [0.25, 0.3) is 0 Å². The number of nitrogens with zero attached hydrogens (tertiary/aromatic N) is 2. The van der Waals surface area contributed by atoms with Crippen LogP contribution < -0.4 is 5.32 Å². The van der Waals surface area contributed by atoms with E-state index in [-0.39, 0.29) is 0 Å². The van der Waals surface area contributed by atoms with Gasteiger partial charge in [-0.25, -0.2) is 9.97 Å². The van der Waals surface area contributed by atoms with Crippen LogP contribution in [0, 0.1) is 13.8 Å². The molecule has 0 saturated carbocycles. The molecule has 0 spiro atoms. The van der Waals surface area contributed by atoms with Crippen LogP contribution in [0.1, 0.15) is 24.6 Å². The molecular formula is C13H15BrClN3S. The lowest BCUT2D eigenvalue weighted by Gasteiger charge is -2.10. The van der Waals surface area contributed by atoms with Crippen molar-refractivity contribution in [3.8, 4) is 10.7 Å². The summed E-state index contributed by atoms with van der Waals surface area (Å²) >= 11 is 11.0. The Labute approximate surface area is 130 Å². The highest BCUT2D eigenvalue weighted by molar-refractivity contribution is 9.10. The Balaban J connectivity index is 2.43. The molecule has 102 valence electrons. The minimum absolute atomic E-state index is 0.722.